The van der Waals surface area contributed by atoms with Crippen molar-refractivity contribution in [3.8, 4) is 5.75 Å². The molecule has 46 heavy (non-hydrogen) atoms. The number of carboxylic acid groups (broad SMARTS) is 1. The van der Waals surface area contributed by atoms with E-state index >= 15 is 0 Å². The Labute approximate surface area is 268 Å². The molecule has 6 atom stereocenters. The van der Waals surface area contributed by atoms with Crippen molar-refractivity contribution in [1.29, 1.82) is 0 Å². The quantitative estimate of drug-likeness (QED) is 0.285. The topological polar surface area (TPSA) is 167 Å². The molecular formula is C34H44N4O8. The molecule has 2 saturated carbocycles. The third kappa shape index (κ3) is 7.11. The summed E-state index contributed by atoms with van der Waals surface area (Å²) in [6, 6.07) is 6.60. The lowest BCUT2D eigenvalue weighted by Crippen LogP contribution is -2.60. The number of aliphatic hydroxyl groups is 1. The zero-order valence-electron chi connectivity index (χ0n) is 26.6. The number of fused-ring (bicyclic) bond motifs is 1. The Kier molecular flexibility index (Phi) is 9.57. The van der Waals surface area contributed by atoms with Crippen molar-refractivity contribution in [2.75, 3.05) is 6.54 Å². The van der Waals surface area contributed by atoms with Gasteiger partial charge >= 0.3 is 12.1 Å². The van der Waals surface area contributed by atoms with Gasteiger partial charge in [-0.3, -0.25) is 14.6 Å². The number of rotatable bonds is 10. The summed E-state index contributed by atoms with van der Waals surface area (Å²) in [6.45, 7) is 8.73. The highest BCUT2D eigenvalue weighted by molar-refractivity contribution is 5.96. The summed E-state index contributed by atoms with van der Waals surface area (Å²) >= 11 is 0. The largest absolute Gasteiger partial charge is 0.488 e. The van der Waals surface area contributed by atoms with Gasteiger partial charge in [-0.15, -0.1) is 6.58 Å². The first-order valence-corrected chi connectivity index (χ1v) is 16.0. The number of nitrogens with one attached hydrogen (secondary N) is 2. The number of ether oxygens (including phenoxy) is 2. The van der Waals surface area contributed by atoms with Crippen LogP contribution in [0.3, 0.4) is 0 Å². The Balaban J connectivity index is 1.45. The monoisotopic (exact) mass is 636 g/mol. The molecule has 248 valence electrons. The van der Waals surface area contributed by atoms with Crippen LogP contribution in [0.25, 0.3) is 10.9 Å². The second-order valence-electron chi connectivity index (χ2n) is 13.6. The summed E-state index contributed by atoms with van der Waals surface area (Å²) in [4.78, 5) is 59.1. The van der Waals surface area contributed by atoms with Gasteiger partial charge < -0.3 is 35.2 Å². The summed E-state index contributed by atoms with van der Waals surface area (Å²) in [5.74, 6) is -2.69. The number of alkyl carbamates (subject to hydrolysis) is 1. The second-order valence-corrected chi connectivity index (χ2v) is 13.6. The van der Waals surface area contributed by atoms with Gasteiger partial charge in [-0.05, 0) is 64.2 Å². The van der Waals surface area contributed by atoms with Crippen LogP contribution in [0.2, 0.25) is 0 Å². The molecule has 0 radical (unpaired) electrons. The first kappa shape index (κ1) is 33.2. The van der Waals surface area contributed by atoms with E-state index in [-0.39, 0.29) is 25.3 Å². The zero-order valence-corrected chi connectivity index (χ0v) is 26.6. The van der Waals surface area contributed by atoms with Gasteiger partial charge in [-0.25, -0.2) is 9.59 Å². The van der Waals surface area contributed by atoms with Gasteiger partial charge in [0.15, 0.2) is 0 Å². The summed E-state index contributed by atoms with van der Waals surface area (Å²) in [6.07, 6.45) is 4.78. The number of para-hydroxylation sites is 1. The summed E-state index contributed by atoms with van der Waals surface area (Å²) in [5.41, 5.74) is -1.65. The lowest BCUT2D eigenvalue weighted by Gasteiger charge is -2.35. The van der Waals surface area contributed by atoms with Gasteiger partial charge in [0.2, 0.25) is 11.8 Å². The molecule has 1 saturated heterocycles. The van der Waals surface area contributed by atoms with Crippen molar-refractivity contribution in [3.63, 3.8) is 0 Å². The van der Waals surface area contributed by atoms with E-state index in [0.29, 0.717) is 24.1 Å². The number of hydrogen-bond donors (Lipinski definition) is 4. The third-order valence-corrected chi connectivity index (χ3v) is 9.19. The molecule has 12 nitrogen and oxygen atoms in total. The van der Waals surface area contributed by atoms with Gasteiger partial charge in [0, 0.05) is 23.9 Å². The maximum absolute atomic E-state index is 14.4. The number of carbonyl (C=O) groups is 4. The van der Waals surface area contributed by atoms with E-state index in [0.717, 1.165) is 24.6 Å². The second kappa shape index (κ2) is 13.3. The summed E-state index contributed by atoms with van der Waals surface area (Å²) < 4.78 is 11.8. The fraction of sp³-hybridized carbons (Fsp3) is 0.559. The van der Waals surface area contributed by atoms with Crippen LogP contribution in [0.4, 0.5) is 4.79 Å². The van der Waals surface area contributed by atoms with E-state index in [1.54, 1.807) is 33.0 Å². The minimum Gasteiger partial charge on any atom is -0.488 e. The van der Waals surface area contributed by atoms with Crippen LogP contribution in [0.5, 0.6) is 5.75 Å². The average Bonchev–Trinajstić information content (AvgIpc) is 3.58. The molecule has 1 aromatic carbocycles. The van der Waals surface area contributed by atoms with E-state index in [9.17, 15) is 29.4 Å². The van der Waals surface area contributed by atoms with E-state index in [1.807, 2.05) is 24.3 Å². The standard InChI is InChI=1S/C34H44N4O8/c1-5-21-18-34(21,31(42)43)37-29(40)25-17-22(45-26-15-16-35-24-14-10-9-13-23(24)26)19-38(25)30(41)27(36-32(44)46-33(2,3)4)28(39)20-11-7-6-8-12-20/h5,9-10,13-16,20-22,25,27-28,39H,1,6-8,11-12,17-19H2,2-4H3,(H,36,44)(H,37,40)(H,42,43). The number of nitrogens with zero attached hydrogens (tertiary/aromatic N) is 2. The molecule has 5 rings (SSSR count). The molecular weight excluding hydrogens is 592 g/mol. The van der Waals surface area contributed by atoms with E-state index in [1.165, 1.54) is 11.0 Å². The normalized spacial score (nSPS) is 26.1. The van der Waals surface area contributed by atoms with Gasteiger partial charge in [0.05, 0.1) is 18.2 Å². The first-order valence-electron chi connectivity index (χ1n) is 16.0. The Morgan fingerprint density at radius 3 is 2.50 bits per heavy atom. The Morgan fingerprint density at radius 1 is 1.13 bits per heavy atom. The van der Waals surface area contributed by atoms with Crippen molar-refractivity contribution in [2.45, 2.75) is 101 Å². The Morgan fingerprint density at radius 2 is 1.85 bits per heavy atom. The Bertz CT molecular complexity index is 1480. The maximum atomic E-state index is 14.4. The number of hydrogen-bond acceptors (Lipinski definition) is 8. The number of carboxylic acids is 1. The fourth-order valence-corrected chi connectivity index (χ4v) is 6.70. The number of likely N-dealkylation sites (tertiary alicyclic amines) is 1. The highest BCUT2D eigenvalue weighted by Crippen LogP contribution is 2.45. The minimum atomic E-state index is -1.51. The van der Waals surface area contributed by atoms with Gasteiger partial charge in [0.1, 0.15) is 35.1 Å². The van der Waals surface area contributed by atoms with Crippen LogP contribution < -0.4 is 15.4 Å². The van der Waals surface area contributed by atoms with Crippen LogP contribution >= 0.6 is 0 Å². The van der Waals surface area contributed by atoms with Crippen molar-refractivity contribution < 1.29 is 38.9 Å². The van der Waals surface area contributed by atoms with Crippen LogP contribution in [0.15, 0.2) is 49.2 Å². The first-order chi connectivity index (χ1) is 21.8. The molecule has 3 amide bonds. The van der Waals surface area contributed by atoms with Crippen molar-refractivity contribution in [3.05, 3.63) is 49.2 Å². The zero-order chi connectivity index (χ0) is 33.2. The van der Waals surface area contributed by atoms with Crippen LogP contribution in [0, 0.1) is 11.8 Å². The molecule has 1 aromatic heterocycles. The number of aromatic nitrogens is 1. The number of benzene rings is 1. The third-order valence-electron chi connectivity index (χ3n) is 9.19. The maximum Gasteiger partial charge on any atom is 0.408 e. The highest BCUT2D eigenvalue weighted by Gasteiger charge is 2.61. The molecule has 3 fully saturated rings. The molecule has 4 N–H and O–H groups in total. The lowest BCUT2D eigenvalue weighted by atomic mass is 9.82. The van der Waals surface area contributed by atoms with E-state index in [4.69, 9.17) is 9.47 Å². The van der Waals surface area contributed by atoms with Crippen LogP contribution in [0.1, 0.15) is 65.7 Å². The van der Waals surface area contributed by atoms with E-state index in [2.05, 4.69) is 22.2 Å². The number of carbonyl (C=O) groups excluding carboxylic acids is 3. The number of amides is 3. The molecule has 2 aromatic rings. The molecule has 6 unspecified atom stereocenters. The number of pyridine rings is 1. The molecule has 0 spiro atoms. The molecule has 2 heterocycles. The molecule has 0 bridgehead atoms. The molecule has 12 heteroatoms. The predicted octanol–water partition coefficient (Wildman–Crippen LogP) is 3.56. The van der Waals surface area contributed by atoms with E-state index < -0.39 is 65.2 Å². The number of aliphatic hydroxyl groups excluding tert-OH is 1. The minimum absolute atomic E-state index is 0.0393. The molecule has 1 aliphatic heterocycles. The van der Waals surface area contributed by atoms with Crippen molar-refractivity contribution >= 4 is 34.8 Å². The smallest absolute Gasteiger partial charge is 0.408 e. The predicted molar refractivity (Wildman–Crippen MR) is 169 cm³/mol. The summed E-state index contributed by atoms with van der Waals surface area (Å²) in [7, 11) is 0. The lowest BCUT2D eigenvalue weighted by molar-refractivity contribution is -0.146. The van der Waals surface area contributed by atoms with Crippen LogP contribution in [-0.4, -0.2) is 86.0 Å². The van der Waals surface area contributed by atoms with Gasteiger partial charge in [-0.1, -0.05) is 37.5 Å². The SMILES string of the molecule is C=CC1CC1(NC(=O)C1CC(Oc2ccnc3ccccc23)CN1C(=O)C(NC(=O)OC(C)(C)C)C(O)C1CCCCC1)C(=O)O. The highest BCUT2D eigenvalue weighted by atomic mass is 16.6. The van der Waals surface area contributed by atoms with Crippen LogP contribution in [-0.2, 0) is 19.1 Å². The molecule has 3 aliphatic rings. The van der Waals surface area contributed by atoms with Gasteiger partial charge in [-0.2, -0.15) is 0 Å². The summed E-state index contributed by atoms with van der Waals surface area (Å²) in [5, 5.41) is 27.5. The fourth-order valence-electron chi connectivity index (χ4n) is 6.70. The molecule has 2 aliphatic carbocycles. The average molecular weight is 637 g/mol. The Hall–Kier alpha value is -4.19. The van der Waals surface area contributed by atoms with Gasteiger partial charge in [0.25, 0.3) is 0 Å². The van der Waals surface area contributed by atoms with Crippen molar-refractivity contribution in [2.24, 2.45) is 11.8 Å². The number of aliphatic carboxylic acids is 1. The van der Waals surface area contributed by atoms with Crippen molar-refractivity contribution in [1.82, 2.24) is 20.5 Å².